The minimum atomic E-state index is -0.864. The molecule has 4 amide bonds. The molecule has 2 atom stereocenters. The van der Waals surface area contributed by atoms with Gasteiger partial charge in [-0.15, -0.1) is 0 Å². The molecule has 2 rings (SSSR count). The van der Waals surface area contributed by atoms with Gasteiger partial charge < -0.3 is 37.1 Å². The van der Waals surface area contributed by atoms with Crippen LogP contribution in [0.1, 0.15) is 69.4 Å². The fourth-order valence-corrected chi connectivity index (χ4v) is 4.87. The van der Waals surface area contributed by atoms with Crippen LogP contribution >= 0.6 is 11.6 Å². The van der Waals surface area contributed by atoms with Gasteiger partial charge in [0, 0.05) is 61.7 Å². The van der Waals surface area contributed by atoms with E-state index in [4.69, 9.17) is 22.1 Å². The quantitative estimate of drug-likeness (QED) is 0.0970. The van der Waals surface area contributed by atoms with Gasteiger partial charge in [-0.1, -0.05) is 86.5 Å². The number of rotatable bonds is 23. The summed E-state index contributed by atoms with van der Waals surface area (Å²) >= 11 is 6.11. The zero-order chi connectivity index (χ0) is 34.3. The van der Waals surface area contributed by atoms with Gasteiger partial charge in [-0.25, -0.2) is 4.79 Å². The summed E-state index contributed by atoms with van der Waals surface area (Å²) in [5.74, 6) is -0.937. The molecule has 12 heteroatoms. The smallest absolute Gasteiger partial charge is 0.407 e. The summed E-state index contributed by atoms with van der Waals surface area (Å²) in [6, 6.07) is 15.2. The Kier molecular flexibility index (Phi) is 19.3. The first-order valence-corrected chi connectivity index (χ1v) is 16.8. The lowest BCUT2D eigenvalue weighted by Gasteiger charge is -2.26. The Bertz CT molecular complexity index is 1260. The van der Waals surface area contributed by atoms with Crippen LogP contribution in [-0.4, -0.2) is 62.1 Å². The van der Waals surface area contributed by atoms with Crippen LogP contribution in [0.25, 0.3) is 0 Å². The average Bonchev–Trinajstić information content (AvgIpc) is 3.07. The summed E-state index contributed by atoms with van der Waals surface area (Å²) in [4.78, 5) is 50.8. The molecule has 0 radical (unpaired) electrons. The number of halogens is 1. The molecule has 2 unspecified atom stereocenters. The highest BCUT2D eigenvalue weighted by atomic mass is 35.5. The van der Waals surface area contributed by atoms with Gasteiger partial charge in [0.25, 0.3) is 0 Å². The lowest BCUT2D eigenvalue weighted by Crippen LogP contribution is -2.52. The Balaban J connectivity index is 1.93. The van der Waals surface area contributed by atoms with E-state index in [1.54, 1.807) is 18.2 Å². The maximum atomic E-state index is 13.6. The predicted molar refractivity (Wildman–Crippen MR) is 185 cm³/mol. The largest absolute Gasteiger partial charge is 0.445 e. The Morgan fingerprint density at radius 2 is 1.49 bits per heavy atom. The van der Waals surface area contributed by atoms with Crippen molar-refractivity contribution in [2.45, 2.75) is 83.4 Å². The third-order valence-corrected chi connectivity index (χ3v) is 7.72. The summed E-state index contributed by atoms with van der Waals surface area (Å²) in [7, 11) is 0. The van der Waals surface area contributed by atoms with E-state index in [9.17, 15) is 19.2 Å². The zero-order valence-corrected chi connectivity index (χ0v) is 28.2. The van der Waals surface area contributed by atoms with Crippen molar-refractivity contribution >= 4 is 35.4 Å². The van der Waals surface area contributed by atoms with Gasteiger partial charge in [0.2, 0.25) is 17.7 Å². The van der Waals surface area contributed by atoms with Gasteiger partial charge in [-0.2, -0.15) is 0 Å². The topological polar surface area (TPSA) is 164 Å². The Morgan fingerprint density at radius 3 is 2.21 bits per heavy atom. The number of alkyl carbamates (subject to hydrolysis) is 1. The molecule has 11 nitrogen and oxygen atoms in total. The molecule has 0 heterocycles. The molecule has 0 aliphatic heterocycles. The molecule has 0 bridgehead atoms. The molecular weight excluding hydrogens is 620 g/mol. The fourth-order valence-electron chi connectivity index (χ4n) is 4.68. The fraction of sp³-hybridized carbons (Fsp3) is 0.486. The molecule has 0 aliphatic carbocycles. The summed E-state index contributed by atoms with van der Waals surface area (Å²) < 4.78 is 5.25. The monoisotopic (exact) mass is 670 g/mol. The van der Waals surface area contributed by atoms with Gasteiger partial charge in [0.05, 0.1) is 6.04 Å². The van der Waals surface area contributed by atoms with Crippen LogP contribution in [0.5, 0.6) is 0 Å². The average molecular weight is 671 g/mol. The van der Waals surface area contributed by atoms with Crippen molar-refractivity contribution in [2.75, 3.05) is 26.2 Å². The van der Waals surface area contributed by atoms with E-state index in [0.717, 1.165) is 30.4 Å². The molecule has 47 heavy (non-hydrogen) atoms. The van der Waals surface area contributed by atoms with Crippen LogP contribution in [0, 0.1) is 0 Å². The first-order chi connectivity index (χ1) is 22.7. The maximum Gasteiger partial charge on any atom is 0.407 e. The van der Waals surface area contributed by atoms with Gasteiger partial charge in [-0.05, 0) is 37.3 Å². The van der Waals surface area contributed by atoms with Crippen molar-refractivity contribution < 1.29 is 23.9 Å². The predicted octanol–water partition coefficient (Wildman–Crippen LogP) is 4.10. The number of unbranched alkanes of at least 4 members (excludes halogenated alkanes) is 3. The Labute approximate surface area is 283 Å². The molecule has 7 N–H and O–H groups in total. The van der Waals surface area contributed by atoms with E-state index >= 15 is 0 Å². The number of hydrogen-bond acceptors (Lipinski definition) is 7. The summed E-state index contributed by atoms with van der Waals surface area (Å²) in [6.45, 7) is 8.10. The van der Waals surface area contributed by atoms with Crippen LogP contribution in [0.3, 0.4) is 0 Å². The second-order valence-corrected chi connectivity index (χ2v) is 11.7. The highest BCUT2D eigenvalue weighted by Gasteiger charge is 2.25. The number of carbonyl (C=O) groups excluding carboxylic acids is 4. The third-order valence-electron chi connectivity index (χ3n) is 7.36. The molecule has 0 aromatic heterocycles. The second kappa shape index (κ2) is 23.3. The Hall–Kier alpha value is -4.09. The molecule has 2 aromatic carbocycles. The van der Waals surface area contributed by atoms with Crippen molar-refractivity contribution in [3.63, 3.8) is 0 Å². The SMILES string of the molecule is C=C(NCCN)C(CCCCNC(=O)OCc1ccccc1Cl)NC(=O)C(Cc1ccccc1)NC(=O)CCC(=O)NCCCCC. The first kappa shape index (κ1) is 39.1. The second-order valence-electron chi connectivity index (χ2n) is 11.3. The van der Waals surface area contributed by atoms with E-state index in [0.29, 0.717) is 56.2 Å². The molecule has 0 saturated carbocycles. The number of benzene rings is 2. The van der Waals surface area contributed by atoms with Crippen molar-refractivity contribution in [1.82, 2.24) is 26.6 Å². The third kappa shape index (κ3) is 16.9. The van der Waals surface area contributed by atoms with Crippen molar-refractivity contribution in [1.29, 1.82) is 0 Å². The molecule has 0 spiro atoms. The minimum Gasteiger partial charge on any atom is -0.445 e. The van der Waals surface area contributed by atoms with Gasteiger partial charge in [0.15, 0.2) is 0 Å². The van der Waals surface area contributed by atoms with E-state index < -0.39 is 18.2 Å². The molecule has 0 saturated heterocycles. The highest BCUT2D eigenvalue weighted by Crippen LogP contribution is 2.16. The normalized spacial score (nSPS) is 11.9. The molecule has 2 aromatic rings. The lowest BCUT2D eigenvalue weighted by molar-refractivity contribution is -0.130. The summed E-state index contributed by atoms with van der Waals surface area (Å²) in [6.07, 6.45) is 4.54. The standard InChI is InChI=1S/C35H51ClN6O5/c1-3-4-11-21-39-32(43)18-19-33(44)41-31(24-27-13-6-5-7-14-27)34(45)42-30(26(2)38-23-20-37)17-10-12-22-40-35(46)47-25-28-15-8-9-16-29(28)36/h5-9,13-16,30-31,38H,2-4,10-12,17-25,37H2,1H3,(H,39,43)(H,40,46)(H,41,44)(H,42,45). The van der Waals surface area contributed by atoms with Crippen molar-refractivity contribution in [2.24, 2.45) is 5.73 Å². The number of nitrogens with two attached hydrogens (primary N) is 1. The van der Waals surface area contributed by atoms with Crippen LogP contribution in [0.4, 0.5) is 4.79 Å². The first-order valence-electron chi connectivity index (χ1n) is 16.4. The van der Waals surface area contributed by atoms with E-state index in [1.807, 2.05) is 36.4 Å². The Morgan fingerprint density at radius 1 is 0.809 bits per heavy atom. The highest BCUT2D eigenvalue weighted by molar-refractivity contribution is 6.31. The number of hydrogen-bond donors (Lipinski definition) is 6. The van der Waals surface area contributed by atoms with E-state index in [2.05, 4.69) is 40.1 Å². The van der Waals surface area contributed by atoms with Crippen LogP contribution in [0.15, 0.2) is 66.9 Å². The number of ether oxygens (including phenoxy) is 1. The van der Waals surface area contributed by atoms with Crippen LogP contribution < -0.4 is 32.3 Å². The lowest BCUT2D eigenvalue weighted by atomic mass is 10.0. The molecular formula is C35H51ClN6O5. The summed E-state index contributed by atoms with van der Waals surface area (Å²) in [5.41, 5.74) is 7.87. The number of carbonyl (C=O) groups is 4. The van der Waals surface area contributed by atoms with Gasteiger partial charge >= 0.3 is 6.09 Å². The zero-order valence-electron chi connectivity index (χ0n) is 27.5. The van der Waals surface area contributed by atoms with Crippen molar-refractivity contribution in [3.8, 4) is 0 Å². The van der Waals surface area contributed by atoms with E-state index in [1.165, 1.54) is 0 Å². The molecule has 258 valence electrons. The van der Waals surface area contributed by atoms with Gasteiger partial charge in [-0.3, -0.25) is 14.4 Å². The van der Waals surface area contributed by atoms with Crippen LogP contribution in [-0.2, 0) is 32.1 Å². The van der Waals surface area contributed by atoms with Crippen molar-refractivity contribution in [3.05, 3.63) is 83.0 Å². The van der Waals surface area contributed by atoms with Gasteiger partial charge in [0.1, 0.15) is 12.6 Å². The van der Waals surface area contributed by atoms with E-state index in [-0.39, 0.29) is 43.6 Å². The molecule has 0 fully saturated rings. The minimum absolute atomic E-state index is 0.0276. The maximum absolute atomic E-state index is 13.6. The number of amides is 4. The number of nitrogens with one attached hydrogen (secondary N) is 5. The van der Waals surface area contributed by atoms with Crippen LogP contribution in [0.2, 0.25) is 5.02 Å². The molecule has 0 aliphatic rings. The summed E-state index contributed by atoms with van der Waals surface area (Å²) in [5, 5.41) is 15.1.